The number of carbonyl (C=O) groups excluding carboxylic acids is 2. The third-order valence-corrected chi connectivity index (χ3v) is 3.50. The maximum Gasteiger partial charge on any atom is 0.306 e. The molecule has 0 aliphatic carbocycles. The van der Waals surface area contributed by atoms with Gasteiger partial charge in [0.1, 0.15) is 5.75 Å². The van der Waals surface area contributed by atoms with E-state index in [1.54, 1.807) is 24.3 Å². The lowest BCUT2D eigenvalue weighted by atomic mass is 10.1. The third kappa shape index (κ3) is 5.07. The first kappa shape index (κ1) is 17.0. The van der Waals surface area contributed by atoms with Gasteiger partial charge in [-0.1, -0.05) is 12.1 Å². The molecule has 23 heavy (non-hydrogen) atoms. The Hall–Kier alpha value is -2.41. The molecule has 1 saturated heterocycles. The van der Waals surface area contributed by atoms with Crippen LogP contribution in [-0.2, 0) is 14.3 Å². The van der Waals surface area contributed by atoms with Gasteiger partial charge in [0.25, 0.3) is 5.91 Å². The summed E-state index contributed by atoms with van der Waals surface area (Å²) in [5.41, 5.74) is 0.517. The summed E-state index contributed by atoms with van der Waals surface area (Å²) in [7, 11) is 0. The molecule has 7 heteroatoms. The number of carbonyl (C=O) groups is 3. The Balaban J connectivity index is 1.88. The van der Waals surface area contributed by atoms with E-state index in [1.807, 2.05) is 0 Å². The van der Waals surface area contributed by atoms with Gasteiger partial charge in [0.05, 0.1) is 19.1 Å². The number of hydrogen-bond donors (Lipinski definition) is 1. The highest BCUT2D eigenvalue weighted by Gasteiger charge is 2.26. The van der Waals surface area contributed by atoms with Crippen LogP contribution in [0.3, 0.4) is 0 Å². The van der Waals surface area contributed by atoms with Crippen LogP contribution in [0.25, 0.3) is 0 Å². The Morgan fingerprint density at radius 3 is 2.87 bits per heavy atom. The molecule has 1 aliphatic heterocycles. The first-order valence-corrected chi connectivity index (χ1v) is 7.30. The van der Waals surface area contributed by atoms with Gasteiger partial charge in [0.2, 0.25) is 0 Å². The normalized spacial score (nSPS) is 17.6. The van der Waals surface area contributed by atoms with Gasteiger partial charge in [-0.25, -0.2) is 0 Å². The van der Waals surface area contributed by atoms with Crippen LogP contribution in [-0.4, -0.2) is 60.1 Å². The quantitative estimate of drug-likeness (QED) is 0.785. The summed E-state index contributed by atoms with van der Waals surface area (Å²) in [4.78, 5) is 35.7. The van der Waals surface area contributed by atoms with Crippen molar-refractivity contribution >= 4 is 17.7 Å². The van der Waals surface area contributed by atoms with Crippen LogP contribution in [0.2, 0.25) is 0 Å². The maximum atomic E-state index is 12.2. The van der Waals surface area contributed by atoms with E-state index in [4.69, 9.17) is 14.6 Å². The predicted molar refractivity (Wildman–Crippen MR) is 80.5 cm³/mol. The average Bonchev–Trinajstić information content (AvgIpc) is 2.52. The zero-order chi connectivity index (χ0) is 16.8. The van der Waals surface area contributed by atoms with Gasteiger partial charge in [-0.15, -0.1) is 0 Å². The molecule has 1 aromatic carbocycles. The van der Waals surface area contributed by atoms with Crippen molar-refractivity contribution in [2.45, 2.75) is 19.4 Å². The minimum Gasteiger partial charge on any atom is -0.484 e. The van der Waals surface area contributed by atoms with Crippen molar-refractivity contribution < 1.29 is 29.0 Å². The fraction of sp³-hybridized carbons (Fsp3) is 0.438. The number of hydrogen-bond acceptors (Lipinski definition) is 5. The van der Waals surface area contributed by atoms with Crippen molar-refractivity contribution in [3.8, 4) is 5.75 Å². The molecule has 1 unspecified atom stereocenters. The fourth-order valence-electron chi connectivity index (χ4n) is 2.31. The molecule has 0 aromatic heterocycles. The van der Waals surface area contributed by atoms with Crippen LogP contribution in [0, 0.1) is 0 Å². The minimum atomic E-state index is -0.957. The monoisotopic (exact) mass is 321 g/mol. The molecule has 0 radical (unpaired) electrons. The van der Waals surface area contributed by atoms with Crippen LogP contribution < -0.4 is 4.74 Å². The van der Waals surface area contributed by atoms with Gasteiger partial charge in [0, 0.05) is 18.7 Å². The summed E-state index contributed by atoms with van der Waals surface area (Å²) in [6.07, 6.45) is -0.628. The number of morpholine rings is 1. The highest BCUT2D eigenvalue weighted by atomic mass is 16.5. The number of amides is 1. The summed E-state index contributed by atoms with van der Waals surface area (Å²) in [5, 5.41) is 8.78. The Labute approximate surface area is 133 Å². The first-order valence-electron chi connectivity index (χ1n) is 7.30. The molecule has 1 fully saturated rings. The number of carboxylic acid groups (broad SMARTS) is 1. The van der Waals surface area contributed by atoms with E-state index in [-0.39, 0.29) is 31.3 Å². The number of aliphatic carboxylic acids is 1. The van der Waals surface area contributed by atoms with Gasteiger partial charge in [-0.2, -0.15) is 0 Å². The molecule has 0 spiro atoms. The molecule has 1 atom stereocenters. The molecule has 1 amide bonds. The lowest BCUT2D eigenvalue weighted by molar-refractivity contribution is -0.148. The average molecular weight is 321 g/mol. The molecule has 124 valence electrons. The zero-order valence-electron chi connectivity index (χ0n) is 12.9. The summed E-state index contributed by atoms with van der Waals surface area (Å²) in [5.74, 6) is -0.827. The molecule has 1 heterocycles. The van der Waals surface area contributed by atoms with Crippen molar-refractivity contribution in [2.24, 2.45) is 0 Å². The molecular weight excluding hydrogens is 302 g/mol. The van der Waals surface area contributed by atoms with E-state index >= 15 is 0 Å². The van der Waals surface area contributed by atoms with Crippen LogP contribution in [0.1, 0.15) is 23.7 Å². The summed E-state index contributed by atoms with van der Waals surface area (Å²) >= 11 is 0. The summed E-state index contributed by atoms with van der Waals surface area (Å²) < 4.78 is 10.7. The van der Waals surface area contributed by atoms with Gasteiger partial charge in [-0.05, 0) is 19.1 Å². The lowest BCUT2D eigenvalue weighted by Gasteiger charge is -2.32. The number of nitrogens with zero attached hydrogens (tertiary/aromatic N) is 1. The SMILES string of the molecule is CC(=O)c1cccc(OCC(=O)N2CCOC(CC(=O)O)C2)c1. The van der Waals surface area contributed by atoms with E-state index in [0.29, 0.717) is 24.5 Å². The molecule has 1 aliphatic rings. The van der Waals surface area contributed by atoms with Crippen molar-refractivity contribution in [3.63, 3.8) is 0 Å². The van der Waals surface area contributed by atoms with Gasteiger partial charge in [0.15, 0.2) is 12.4 Å². The van der Waals surface area contributed by atoms with Crippen LogP contribution in [0.15, 0.2) is 24.3 Å². The van der Waals surface area contributed by atoms with Gasteiger partial charge in [-0.3, -0.25) is 14.4 Å². The second kappa shape index (κ2) is 7.73. The van der Waals surface area contributed by atoms with Crippen LogP contribution >= 0.6 is 0 Å². The second-order valence-corrected chi connectivity index (χ2v) is 5.30. The molecule has 2 rings (SSSR count). The topological polar surface area (TPSA) is 93.1 Å². The second-order valence-electron chi connectivity index (χ2n) is 5.30. The summed E-state index contributed by atoms with van der Waals surface area (Å²) in [6, 6.07) is 6.62. The number of benzene rings is 1. The van der Waals surface area contributed by atoms with Crippen molar-refractivity contribution in [1.82, 2.24) is 4.90 Å². The van der Waals surface area contributed by atoms with Crippen molar-refractivity contribution in [2.75, 3.05) is 26.3 Å². The van der Waals surface area contributed by atoms with E-state index in [9.17, 15) is 14.4 Å². The van der Waals surface area contributed by atoms with E-state index < -0.39 is 12.1 Å². The van der Waals surface area contributed by atoms with Crippen molar-refractivity contribution in [1.29, 1.82) is 0 Å². The number of Topliss-reactive ketones (excluding diaryl/α,β-unsaturated/α-hetero) is 1. The van der Waals surface area contributed by atoms with Crippen molar-refractivity contribution in [3.05, 3.63) is 29.8 Å². The molecule has 1 N–H and O–H groups in total. The zero-order valence-corrected chi connectivity index (χ0v) is 12.9. The van der Waals surface area contributed by atoms with Gasteiger partial charge >= 0.3 is 5.97 Å². The number of ketones is 1. The molecule has 7 nitrogen and oxygen atoms in total. The smallest absolute Gasteiger partial charge is 0.306 e. The number of ether oxygens (including phenoxy) is 2. The largest absolute Gasteiger partial charge is 0.484 e. The molecule has 0 bridgehead atoms. The molecular formula is C16H19NO6. The highest BCUT2D eigenvalue weighted by Crippen LogP contribution is 2.15. The minimum absolute atomic E-state index is 0.0773. The van der Waals surface area contributed by atoms with E-state index in [1.165, 1.54) is 11.8 Å². The summed E-state index contributed by atoms with van der Waals surface area (Å²) in [6.45, 7) is 2.25. The molecule has 1 aromatic rings. The van der Waals surface area contributed by atoms with Gasteiger partial charge < -0.3 is 19.5 Å². The lowest BCUT2D eigenvalue weighted by Crippen LogP contribution is -2.47. The first-order chi connectivity index (χ1) is 11.0. The van der Waals surface area contributed by atoms with Crippen LogP contribution in [0.4, 0.5) is 0 Å². The number of rotatable bonds is 6. The van der Waals surface area contributed by atoms with E-state index in [2.05, 4.69) is 0 Å². The Morgan fingerprint density at radius 2 is 2.17 bits per heavy atom. The number of carboxylic acids is 1. The predicted octanol–water partition coefficient (Wildman–Crippen LogP) is 0.970. The Bertz CT molecular complexity index is 600. The van der Waals surface area contributed by atoms with Crippen LogP contribution in [0.5, 0.6) is 5.75 Å². The Kier molecular flexibility index (Phi) is 5.70. The standard InChI is InChI=1S/C16H19NO6/c1-11(18)12-3-2-4-13(7-12)23-10-15(19)17-5-6-22-14(9-17)8-16(20)21/h2-4,7,14H,5-6,8-10H2,1H3,(H,20,21). The molecule has 0 saturated carbocycles. The van der Waals surface area contributed by atoms with E-state index in [0.717, 1.165) is 0 Å². The fourth-order valence-corrected chi connectivity index (χ4v) is 2.31. The highest BCUT2D eigenvalue weighted by molar-refractivity contribution is 5.94. The Morgan fingerprint density at radius 1 is 1.39 bits per heavy atom. The third-order valence-electron chi connectivity index (χ3n) is 3.50. The maximum absolute atomic E-state index is 12.2.